The molecule has 1 saturated heterocycles. The number of fused-ring (bicyclic) bond motifs is 3. The van der Waals surface area contributed by atoms with Crippen LogP contribution < -0.4 is 15.1 Å². The van der Waals surface area contributed by atoms with E-state index in [1.54, 1.807) is 13.0 Å². The normalized spacial score (nSPS) is 21.4. The van der Waals surface area contributed by atoms with Gasteiger partial charge in [0, 0.05) is 31.8 Å². The number of nitro groups is 1. The predicted molar refractivity (Wildman–Crippen MR) is 109 cm³/mol. The van der Waals surface area contributed by atoms with E-state index >= 15 is 0 Å². The van der Waals surface area contributed by atoms with Gasteiger partial charge in [-0.15, -0.1) is 0 Å². The lowest BCUT2D eigenvalue weighted by atomic mass is 9.95. The summed E-state index contributed by atoms with van der Waals surface area (Å²) >= 11 is 0. The molecule has 2 aliphatic heterocycles. The maximum atomic E-state index is 12.2. The number of benzene rings is 1. The summed E-state index contributed by atoms with van der Waals surface area (Å²) < 4.78 is 22.6. The quantitative estimate of drug-likeness (QED) is 0.384. The minimum Gasteiger partial charge on any atom is -0.491 e. The molecule has 0 N–H and O–H groups in total. The van der Waals surface area contributed by atoms with Gasteiger partial charge in [-0.2, -0.15) is 0 Å². The van der Waals surface area contributed by atoms with E-state index in [4.69, 9.17) is 18.6 Å². The van der Waals surface area contributed by atoms with Crippen LogP contribution in [0.5, 0.6) is 11.5 Å². The van der Waals surface area contributed by atoms with Crippen molar-refractivity contribution in [1.82, 2.24) is 4.90 Å². The molecule has 1 aromatic heterocycles. The average molecular weight is 418 g/mol. The fraction of sp³-hybridized carbons (Fsp3) is 0.571. The van der Waals surface area contributed by atoms with Crippen LogP contribution in [0.4, 0.5) is 0 Å². The second-order valence-electron chi connectivity index (χ2n) is 7.72. The van der Waals surface area contributed by atoms with Gasteiger partial charge in [0.05, 0.1) is 35.0 Å². The van der Waals surface area contributed by atoms with Crippen LogP contribution in [-0.2, 0) is 11.2 Å². The molecule has 0 saturated carbocycles. The van der Waals surface area contributed by atoms with Crippen LogP contribution in [0.2, 0.25) is 0 Å². The van der Waals surface area contributed by atoms with Crippen LogP contribution in [0.3, 0.4) is 0 Å². The molecule has 1 aromatic carbocycles. The lowest BCUT2D eigenvalue weighted by Crippen LogP contribution is -2.38. The van der Waals surface area contributed by atoms with Crippen molar-refractivity contribution in [2.24, 2.45) is 0 Å². The highest BCUT2D eigenvalue weighted by atomic mass is 16.7. The Kier molecular flexibility index (Phi) is 5.92. The Morgan fingerprint density at radius 3 is 2.77 bits per heavy atom. The Labute approximate surface area is 173 Å². The van der Waals surface area contributed by atoms with Crippen molar-refractivity contribution in [3.05, 3.63) is 43.8 Å². The molecule has 2 aliphatic rings. The maximum Gasteiger partial charge on any atom is 0.360 e. The predicted octanol–water partition coefficient (Wildman–Crippen LogP) is 2.56. The summed E-state index contributed by atoms with van der Waals surface area (Å²) in [6.45, 7) is 8.04. The summed E-state index contributed by atoms with van der Waals surface area (Å²) in [4.78, 5) is 25.5. The van der Waals surface area contributed by atoms with Gasteiger partial charge in [-0.25, -0.2) is 4.79 Å². The summed E-state index contributed by atoms with van der Waals surface area (Å²) in [6.07, 6.45) is 0.299. The third-order valence-corrected chi connectivity index (χ3v) is 5.69. The molecule has 0 bridgehead atoms. The molecule has 1 fully saturated rings. The number of aryl methyl sites for hydroxylation is 1. The Hall–Kier alpha value is -2.65. The minimum absolute atomic E-state index is 0.335. The molecule has 4 rings (SSSR count). The Bertz CT molecular complexity index is 997. The van der Waals surface area contributed by atoms with Crippen molar-refractivity contribution in [1.29, 1.82) is 0 Å². The molecule has 9 heteroatoms. The fourth-order valence-electron chi connectivity index (χ4n) is 4.20. The summed E-state index contributed by atoms with van der Waals surface area (Å²) in [5, 5.41) is 12.1. The highest BCUT2D eigenvalue weighted by molar-refractivity contribution is 5.92. The molecule has 30 heavy (non-hydrogen) atoms. The molecule has 3 heterocycles. The number of rotatable bonds is 7. The molecule has 0 radical (unpaired) electrons. The molecule has 162 valence electrons. The van der Waals surface area contributed by atoms with Crippen LogP contribution in [0.15, 0.2) is 21.3 Å². The van der Waals surface area contributed by atoms with E-state index in [2.05, 4.69) is 4.90 Å². The van der Waals surface area contributed by atoms with E-state index < -0.39 is 22.7 Å². The van der Waals surface area contributed by atoms with Gasteiger partial charge in [-0.05, 0) is 18.9 Å². The second kappa shape index (κ2) is 8.61. The highest BCUT2D eigenvalue weighted by Gasteiger charge is 2.43. The van der Waals surface area contributed by atoms with Crippen molar-refractivity contribution in [2.75, 3.05) is 39.5 Å². The van der Waals surface area contributed by atoms with Gasteiger partial charge in [0.2, 0.25) is 0 Å². The fourth-order valence-corrected chi connectivity index (χ4v) is 4.20. The van der Waals surface area contributed by atoms with Gasteiger partial charge in [-0.1, -0.05) is 13.3 Å². The SMILES string of the molecule is CCCc1cc(=O)oc2c3c(cc(OCCN4CCOCC4)c12)O[C@H]([N+](=O)[O-])[C@H]3C. The van der Waals surface area contributed by atoms with E-state index in [-0.39, 0.29) is 0 Å². The van der Waals surface area contributed by atoms with Gasteiger partial charge in [0.1, 0.15) is 23.7 Å². The third kappa shape index (κ3) is 3.87. The Morgan fingerprint density at radius 2 is 2.07 bits per heavy atom. The molecule has 0 spiro atoms. The Morgan fingerprint density at radius 1 is 1.30 bits per heavy atom. The van der Waals surface area contributed by atoms with E-state index in [9.17, 15) is 14.9 Å². The third-order valence-electron chi connectivity index (χ3n) is 5.69. The monoisotopic (exact) mass is 418 g/mol. The summed E-state index contributed by atoms with van der Waals surface area (Å²) in [5.41, 5.74) is 1.24. The van der Waals surface area contributed by atoms with E-state index in [0.717, 1.165) is 31.6 Å². The van der Waals surface area contributed by atoms with Crippen molar-refractivity contribution in [3.63, 3.8) is 0 Å². The lowest BCUT2D eigenvalue weighted by Gasteiger charge is -2.26. The van der Waals surface area contributed by atoms with Crippen LogP contribution in [0, 0.1) is 10.1 Å². The first-order chi connectivity index (χ1) is 14.5. The maximum absolute atomic E-state index is 12.2. The Balaban J connectivity index is 1.74. The highest BCUT2D eigenvalue weighted by Crippen LogP contribution is 2.47. The van der Waals surface area contributed by atoms with Gasteiger partial charge < -0.3 is 18.6 Å². The molecule has 9 nitrogen and oxygen atoms in total. The van der Waals surface area contributed by atoms with E-state index in [1.807, 2.05) is 6.92 Å². The molecule has 2 atom stereocenters. The first-order valence-electron chi connectivity index (χ1n) is 10.4. The van der Waals surface area contributed by atoms with Crippen molar-refractivity contribution >= 4 is 11.0 Å². The van der Waals surface area contributed by atoms with E-state index in [0.29, 0.717) is 54.3 Å². The number of hydrogen-bond acceptors (Lipinski definition) is 8. The van der Waals surface area contributed by atoms with Gasteiger partial charge in [0.25, 0.3) is 0 Å². The summed E-state index contributed by atoms with van der Waals surface area (Å²) in [6, 6.07) is 3.19. The molecule has 0 amide bonds. The smallest absolute Gasteiger partial charge is 0.360 e. The average Bonchev–Trinajstić information content (AvgIpc) is 3.05. The molecule has 0 unspecified atom stereocenters. The van der Waals surface area contributed by atoms with Crippen molar-refractivity contribution in [2.45, 2.75) is 38.8 Å². The first-order valence-corrected chi connectivity index (χ1v) is 10.4. The molecule has 2 aromatic rings. The van der Waals surface area contributed by atoms with Gasteiger partial charge in [-0.3, -0.25) is 15.0 Å². The summed E-state index contributed by atoms with van der Waals surface area (Å²) in [5.74, 6) is 0.329. The largest absolute Gasteiger partial charge is 0.491 e. The molecular formula is C21H26N2O7. The topological polar surface area (TPSA) is 104 Å². The van der Waals surface area contributed by atoms with Crippen molar-refractivity contribution in [3.8, 4) is 11.5 Å². The number of morpholine rings is 1. The number of ether oxygens (including phenoxy) is 3. The lowest BCUT2D eigenvalue weighted by molar-refractivity contribution is -0.563. The zero-order valence-corrected chi connectivity index (χ0v) is 17.2. The first kappa shape index (κ1) is 20.6. The van der Waals surface area contributed by atoms with Crippen LogP contribution in [0.25, 0.3) is 11.0 Å². The van der Waals surface area contributed by atoms with Crippen molar-refractivity contribution < 1.29 is 23.6 Å². The number of nitrogens with zero attached hydrogens (tertiary/aromatic N) is 2. The van der Waals surface area contributed by atoms with E-state index in [1.165, 1.54) is 6.07 Å². The standard InChI is InChI=1S/C21H26N2O7/c1-3-4-14-11-17(24)30-20-18-13(2)21(23(25)26)29-16(18)12-15(19(14)20)28-10-7-22-5-8-27-9-6-22/h11-13,21H,3-10H2,1-2H3/t13-,21-/m0/s1. The second-order valence-corrected chi connectivity index (χ2v) is 7.72. The number of hydrogen-bond donors (Lipinski definition) is 0. The zero-order chi connectivity index (χ0) is 21.3. The van der Waals surface area contributed by atoms with Gasteiger partial charge >= 0.3 is 11.9 Å². The minimum atomic E-state index is -1.22. The van der Waals surface area contributed by atoms with Crippen LogP contribution >= 0.6 is 0 Å². The molecule has 0 aliphatic carbocycles. The van der Waals surface area contributed by atoms with Crippen LogP contribution in [0.1, 0.15) is 37.3 Å². The molecular weight excluding hydrogens is 392 g/mol. The van der Waals surface area contributed by atoms with Crippen LogP contribution in [-0.4, -0.2) is 55.5 Å². The van der Waals surface area contributed by atoms with Gasteiger partial charge in [0.15, 0.2) is 0 Å². The summed E-state index contributed by atoms with van der Waals surface area (Å²) in [7, 11) is 0. The zero-order valence-electron chi connectivity index (χ0n) is 17.2.